The molecule has 7 heteroatoms. The molecule has 0 aliphatic carbocycles. The van der Waals surface area contributed by atoms with Crippen molar-refractivity contribution in [2.75, 3.05) is 26.8 Å². The number of H-pyrrole nitrogens is 1. The first-order valence-electron chi connectivity index (χ1n) is 8.00. The van der Waals surface area contributed by atoms with E-state index in [0.717, 1.165) is 0 Å². The maximum atomic E-state index is 13.4. The monoisotopic (exact) mass is 343 g/mol. The fraction of sp³-hybridized carbons (Fsp3) is 0.389. The zero-order chi connectivity index (χ0) is 18.0. The number of carbonyl (C=O) groups is 2. The Labute approximate surface area is 144 Å². The number of benzene rings is 1. The number of ketones is 1. The van der Waals surface area contributed by atoms with Crippen molar-refractivity contribution in [3.63, 3.8) is 0 Å². The molecule has 1 N–H and O–H groups in total. The fourth-order valence-corrected chi connectivity index (χ4v) is 3.24. The Morgan fingerprint density at radius 3 is 2.76 bits per heavy atom. The molecule has 1 amide bonds. The van der Waals surface area contributed by atoms with Crippen LogP contribution in [0.5, 0.6) is 0 Å². The van der Waals surface area contributed by atoms with E-state index in [1.807, 2.05) is 0 Å². The van der Waals surface area contributed by atoms with Crippen LogP contribution in [-0.2, 0) is 9.53 Å². The summed E-state index contributed by atoms with van der Waals surface area (Å²) >= 11 is 0. The number of halogens is 1. The number of hydrogen-bond acceptors (Lipinski definition) is 4. The number of hydrogen-bond donors (Lipinski definition) is 1. The quantitative estimate of drug-likeness (QED) is 0.681. The molecule has 0 bridgehead atoms. The summed E-state index contributed by atoms with van der Waals surface area (Å²) in [6.45, 7) is 0.942. The number of rotatable bonds is 4. The minimum atomic E-state index is -0.673. The number of methoxy groups -OCH3 is 1. The van der Waals surface area contributed by atoms with Gasteiger partial charge in [-0.3, -0.25) is 9.59 Å². The smallest absolute Gasteiger partial charge is 0.295 e. The lowest BCUT2D eigenvalue weighted by Crippen LogP contribution is -2.46. The Morgan fingerprint density at radius 1 is 1.40 bits per heavy atom. The SMILES string of the molecule is COCC1(C#N)CCN(C(=O)C(=O)c2c[nH]c3ccc(F)cc23)CC1. The summed E-state index contributed by atoms with van der Waals surface area (Å²) in [6.07, 6.45) is 2.34. The first-order valence-corrected chi connectivity index (χ1v) is 8.00. The summed E-state index contributed by atoms with van der Waals surface area (Å²) in [4.78, 5) is 29.4. The molecule has 0 spiro atoms. The highest BCUT2D eigenvalue weighted by molar-refractivity contribution is 6.44. The highest BCUT2D eigenvalue weighted by Gasteiger charge is 2.38. The molecule has 0 unspecified atom stereocenters. The predicted molar refractivity (Wildman–Crippen MR) is 88.3 cm³/mol. The Hall–Kier alpha value is -2.72. The van der Waals surface area contributed by atoms with Crippen LogP contribution in [0.1, 0.15) is 23.2 Å². The average Bonchev–Trinajstić information content (AvgIpc) is 3.04. The lowest BCUT2D eigenvalue weighted by atomic mass is 9.80. The first kappa shape index (κ1) is 17.1. The van der Waals surface area contributed by atoms with Crippen molar-refractivity contribution in [2.45, 2.75) is 12.8 Å². The molecule has 1 aliphatic heterocycles. The van der Waals surface area contributed by atoms with Gasteiger partial charge in [0.15, 0.2) is 0 Å². The molecule has 0 radical (unpaired) electrons. The van der Waals surface area contributed by atoms with Gasteiger partial charge in [-0.2, -0.15) is 5.26 Å². The lowest BCUT2D eigenvalue weighted by Gasteiger charge is -2.36. The predicted octanol–water partition coefficient (Wildman–Crippen LogP) is 2.27. The molecule has 0 saturated carbocycles. The lowest BCUT2D eigenvalue weighted by molar-refractivity contribution is -0.128. The van der Waals surface area contributed by atoms with Gasteiger partial charge < -0.3 is 14.6 Å². The number of nitrogens with zero attached hydrogens (tertiary/aromatic N) is 2. The first-order chi connectivity index (χ1) is 12.0. The van der Waals surface area contributed by atoms with Gasteiger partial charge in [0.2, 0.25) is 0 Å². The van der Waals surface area contributed by atoms with E-state index in [4.69, 9.17) is 4.74 Å². The third kappa shape index (κ3) is 3.13. The van der Waals surface area contributed by atoms with Gasteiger partial charge in [0.05, 0.1) is 23.7 Å². The van der Waals surface area contributed by atoms with Gasteiger partial charge in [0, 0.05) is 37.3 Å². The van der Waals surface area contributed by atoms with E-state index in [1.165, 1.54) is 36.4 Å². The molecule has 2 aromatic rings. The Morgan fingerprint density at radius 2 is 2.12 bits per heavy atom. The number of amides is 1. The number of fused-ring (bicyclic) bond motifs is 1. The van der Waals surface area contributed by atoms with Crippen LogP contribution in [0.15, 0.2) is 24.4 Å². The van der Waals surface area contributed by atoms with Crippen LogP contribution in [0.3, 0.4) is 0 Å². The Kier molecular flexibility index (Phi) is 4.55. The van der Waals surface area contributed by atoms with Crippen LogP contribution in [0.2, 0.25) is 0 Å². The Bertz CT molecular complexity index is 860. The third-order valence-electron chi connectivity index (χ3n) is 4.75. The van der Waals surface area contributed by atoms with E-state index < -0.39 is 22.9 Å². The number of Topliss-reactive ketones (excluding diaryl/α,β-unsaturated/α-hetero) is 1. The van der Waals surface area contributed by atoms with Crippen molar-refractivity contribution in [3.8, 4) is 6.07 Å². The van der Waals surface area contributed by atoms with Crippen molar-refractivity contribution in [3.05, 3.63) is 35.8 Å². The molecular formula is C18H18FN3O3. The molecule has 3 rings (SSSR count). The van der Waals surface area contributed by atoms with Crippen LogP contribution >= 0.6 is 0 Å². The molecule has 2 heterocycles. The van der Waals surface area contributed by atoms with Crippen molar-refractivity contribution in [1.82, 2.24) is 9.88 Å². The van der Waals surface area contributed by atoms with E-state index in [9.17, 15) is 19.2 Å². The van der Waals surface area contributed by atoms with E-state index >= 15 is 0 Å². The second kappa shape index (κ2) is 6.65. The normalized spacial score (nSPS) is 16.6. The molecule has 1 aromatic carbocycles. The number of likely N-dealkylation sites (tertiary alicyclic amines) is 1. The highest BCUT2D eigenvalue weighted by atomic mass is 19.1. The molecule has 25 heavy (non-hydrogen) atoms. The van der Waals surface area contributed by atoms with Crippen LogP contribution in [0.25, 0.3) is 10.9 Å². The van der Waals surface area contributed by atoms with Crippen molar-refractivity contribution >= 4 is 22.6 Å². The fourth-order valence-electron chi connectivity index (χ4n) is 3.24. The summed E-state index contributed by atoms with van der Waals surface area (Å²) in [5.41, 5.74) is 0.145. The van der Waals surface area contributed by atoms with E-state index in [-0.39, 0.29) is 5.56 Å². The summed E-state index contributed by atoms with van der Waals surface area (Å²) in [7, 11) is 1.54. The van der Waals surface area contributed by atoms with Crippen LogP contribution in [0.4, 0.5) is 4.39 Å². The van der Waals surface area contributed by atoms with E-state index in [1.54, 1.807) is 0 Å². The standard InChI is InChI=1S/C18H18FN3O3/c1-25-11-18(10-20)4-6-22(7-5-18)17(24)16(23)14-9-21-15-3-2-12(19)8-13(14)15/h2-3,8-9,21H,4-7,11H2,1H3. The van der Waals surface area contributed by atoms with E-state index in [0.29, 0.717) is 43.4 Å². The van der Waals surface area contributed by atoms with Gasteiger partial charge in [0.25, 0.3) is 11.7 Å². The largest absolute Gasteiger partial charge is 0.383 e. The minimum Gasteiger partial charge on any atom is -0.383 e. The molecule has 6 nitrogen and oxygen atoms in total. The third-order valence-corrected chi connectivity index (χ3v) is 4.75. The number of ether oxygens (including phenoxy) is 1. The molecule has 1 saturated heterocycles. The van der Waals surface area contributed by atoms with Gasteiger partial charge in [0.1, 0.15) is 5.82 Å². The summed E-state index contributed by atoms with van der Waals surface area (Å²) in [5, 5.41) is 9.75. The second-order valence-electron chi connectivity index (χ2n) is 6.34. The maximum Gasteiger partial charge on any atom is 0.295 e. The number of nitrogens with one attached hydrogen (secondary N) is 1. The zero-order valence-corrected chi connectivity index (χ0v) is 13.8. The van der Waals surface area contributed by atoms with Crippen LogP contribution in [0, 0.1) is 22.6 Å². The summed E-state index contributed by atoms with van der Waals surface area (Å²) < 4.78 is 18.6. The van der Waals surface area contributed by atoms with Gasteiger partial charge in [-0.25, -0.2) is 4.39 Å². The molecule has 0 atom stereocenters. The number of aromatic amines is 1. The average molecular weight is 343 g/mol. The number of nitriles is 1. The van der Waals surface area contributed by atoms with Gasteiger partial charge in [-0.05, 0) is 31.0 Å². The number of carbonyl (C=O) groups excluding carboxylic acids is 2. The topological polar surface area (TPSA) is 86.2 Å². The van der Waals surface area contributed by atoms with Gasteiger partial charge >= 0.3 is 0 Å². The van der Waals surface area contributed by atoms with Gasteiger partial charge in [-0.1, -0.05) is 0 Å². The molecule has 1 aromatic heterocycles. The number of piperidine rings is 1. The van der Waals surface area contributed by atoms with Crippen molar-refractivity contribution in [1.29, 1.82) is 5.26 Å². The molecule has 1 fully saturated rings. The van der Waals surface area contributed by atoms with Crippen molar-refractivity contribution < 1.29 is 18.7 Å². The van der Waals surface area contributed by atoms with Crippen molar-refractivity contribution in [2.24, 2.45) is 5.41 Å². The maximum absolute atomic E-state index is 13.4. The Balaban J connectivity index is 1.76. The number of aromatic nitrogens is 1. The minimum absolute atomic E-state index is 0.161. The summed E-state index contributed by atoms with van der Waals surface area (Å²) in [6, 6.07) is 6.32. The van der Waals surface area contributed by atoms with Crippen LogP contribution < -0.4 is 0 Å². The zero-order valence-electron chi connectivity index (χ0n) is 13.8. The molecular weight excluding hydrogens is 325 g/mol. The second-order valence-corrected chi connectivity index (χ2v) is 6.34. The van der Waals surface area contributed by atoms with Crippen LogP contribution in [-0.4, -0.2) is 48.4 Å². The molecule has 1 aliphatic rings. The summed E-state index contributed by atoms with van der Waals surface area (Å²) in [5.74, 6) is -1.77. The van der Waals surface area contributed by atoms with E-state index in [2.05, 4.69) is 11.1 Å². The highest BCUT2D eigenvalue weighted by Crippen LogP contribution is 2.31. The van der Waals surface area contributed by atoms with Gasteiger partial charge in [-0.15, -0.1) is 0 Å². The molecule has 130 valence electrons.